The molecule has 1 aromatic carbocycles. The van der Waals surface area contributed by atoms with Crippen LogP contribution in [0.1, 0.15) is 31.2 Å². The molecule has 0 saturated carbocycles. The first-order valence-electron chi connectivity index (χ1n) is 9.77. The number of rotatable bonds is 4. The lowest BCUT2D eigenvalue weighted by molar-refractivity contribution is -0.131. The van der Waals surface area contributed by atoms with Crippen molar-refractivity contribution in [2.24, 2.45) is 0 Å². The molecule has 0 radical (unpaired) electrons. The molecule has 0 bridgehead atoms. The molecule has 3 heterocycles. The van der Waals surface area contributed by atoms with Crippen LogP contribution in [0.15, 0.2) is 45.3 Å². The van der Waals surface area contributed by atoms with Crippen LogP contribution in [0.4, 0.5) is 4.39 Å². The maximum absolute atomic E-state index is 13.2. The van der Waals surface area contributed by atoms with Gasteiger partial charge in [-0.15, -0.1) is 11.3 Å². The fourth-order valence-corrected chi connectivity index (χ4v) is 4.60. The standard InChI is InChI=1S/C21H22FN3O3S/c22-16-7-5-15(6-8-16)13-25-20(27)19-17(9-12-29-19)24(21(25)28)14-18(26)23-10-3-1-2-4-11-23/h5-9,12H,1-4,10-11,13-14H2. The third-order valence-corrected chi connectivity index (χ3v) is 6.23. The number of hydrogen-bond acceptors (Lipinski definition) is 4. The number of carbonyl (C=O) groups excluding carboxylic acids is 1. The fraction of sp³-hybridized carbons (Fsp3) is 0.381. The van der Waals surface area contributed by atoms with Gasteiger partial charge in [0.15, 0.2) is 0 Å². The molecule has 0 atom stereocenters. The molecule has 0 spiro atoms. The van der Waals surface area contributed by atoms with Gasteiger partial charge in [-0.25, -0.2) is 9.18 Å². The second kappa shape index (κ2) is 8.32. The number of halogens is 1. The molecule has 1 saturated heterocycles. The first kappa shape index (κ1) is 19.6. The molecule has 3 aromatic rings. The van der Waals surface area contributed by atoms with Crippen molar-refractivity contribution in [2.75, 3.05) is 13.1 Å². The maximum Gasteiger partial charge on any atom is 0.332 e. The molecule has 4 rings (SSSR count). The summed E-state index contributed by atoms with van der Waals surface area (Å²) in [5.74, 6) is -0.483. The summed E-state index contributed by atoms with van der Waals surface area (Å²) in [7, 11) is 0. The molecule has 29 heavy (non-hydrogen) atoms. The molecule has 8 heteroatoms. The van der Waals surface area contributed by atoms with Crippen LogP contribution in [0.2, 0.25) is 0 Å². The van der Waals surface area contributed by atoms with E-state index in [2.05, 4.69) is 0 Å². The molecule has 1 amide bonds. The molecule has 152 valence electrons. The van der Waals surface area contributed by atoms with Crippen LogP contribution in [0.25, 0.3) is 10.2 Å². The van der Waals surface area contributed by atoms with E-state index < -0.39 is 5.69 Å². The minimum atomic E-state index is -0.520. The Hall–Kier alpha value is -2.74. The van der Waals surface area contributed by atoms with E-state index in [-0.39, 0.29) is 30.4 Å². The smallest absolute Gasteiger partial charge is 0.332 e. The summed E-state index contributed by atoms with van der Waals surface area (Å²) in [4.78, 5) is 40.7. The summed E-state index contributed by atoms with van der Waals surface area (Å²) in [5.41, 5.74) is 0.228. The summed E-state index contributed by atoms with van der Waals surface area (Å²) >= 11 is 1.25. The minimum absolute atomic E-state index is 0.0314. The van der Waals surface area contributed by atoms with Crippen molar-refractivity contribution in [3.05, 3.63) is 67.9 Å². The Kier molecular flexibility index (Phi) is 5.62. The Morgan fingerprint density at radius 2 is 1.66 bits per heavy atom. The van der Waals surface area contributed by atoms with Gasteiger partial charge in [0.05, 0.1) is 12.1 Å². The van der Waals surface area contributed by atoms with Gasteiger partial charge in [-0.1, -0.05) is 25.0 Å². The Balaban J connectivity index is 1.72. The van der Waals surface area contributed by atoms with Gasteiger partial charge in [0, 0.05) is 13.1 Å². The van der Waals surface area contributed by atoms with Crippen LogP contribution in [0.3, 0.4) is 0 Å². The molecule has 1 aliphatic rings. The summed E-state index contributed by atoms with van der Waals surface area (Å²) in [6.45, 7) is 1.35. The molecule has 0 N–H and O–H groups in total. The van der Waals surface area contributed by atoms with Gasteiger partial charge in [-0.3, -0.25) is 18.7 Å². The number of fused-ring (bicyclic) bond motifs is 1. The second-order valence-electron chi connectivity index (χ2n) is 7.32. The topological polar surface area (TPSA) is 64.3 Å². The second-order valence-corrected chi connectivity index (χ2v) is 8.23. The quantitative estimate of drug-likeness (QED) is 0.658. The van der Waals surface area contributed by atoms with Crippen LogP contribution in [0.5, 0.6) is 0 Å². The molecule has 6 nitrogen and oxygen atoms in total. The predicted molar refractivity (Wildman–Crippen MR) is 111 cm³/mol. The lowest BCUT2D eigenvalue weighted by atomic mass is 10.2. The average Bonchev–Trinajstić information content (AvgIpc) is 3.04. The van der Waals surface area contributed by atoms with Gasteiger partial charge in [-0.2, -0.15) is 0 Å². The summed E-state index contributed by atoms with van der Waals surface area (Å²) in [6, 6.07) is 7.40. The average molecular weight is 415 g/mol. The van der Waals surface area contributed by atoms with Crippen molar-refractivity contribution < 1.29 is 9.18 Å². The van der Waals surface area contributed by atoms with Gasteiger partial charge in [0.1, 0.15) is 17.1 Å². The summed E-state index contributed by atoms with van der Waals surface area (Å²) in [5, 5.41) is 1.75. The van der Waals surface area contributed by atoms with E-state index in [0.717, 1.165) is 30.3 Å². The Labute approximate surface area is 170 Å². The highest BCUT2D eigenvalue weighted by Gasteiger charge is 2.20. The van der Waals surface area contributed by atoms with E-state index in [1.165, 1.54) is 28.0 Å². The first-order chi connectivity index (χ1) is 14.0. The van der Waals surface area contributed by atoms with Crippen molar-refractivity contribution in [3.8, 4) is 0 Å². The van der Waals surface area contributed by atoms with E-state index in [4.69, 9.17) is 0 Å². The zero-order valence-electron chi connectivity index (χ0n) is 16.0. The lowest BCUT2D eigenvalue weighted by Gasteiger charge is -2.21. The summed E-state index contributed by atoms with van der Waals surface area (Å²) < 4.78 is 16.1. The van der Waals surface area contributed by atoms with Crippen LogP contribution < -0.4 is 11.2 Å². The van der Waals surface area contributed by atoms with Crippen LogP contribution in [-0.2, 0) is 17.9 Å². The molecular formula is C21H22FN3O3S. The van der Waals surface area contributed by atoms with Crippen molar-refractivity contribution >= 4 is 27.5 Å². The number of benzene rings is 1. The number of thiophene rings is 1. The Morgan fingerprint density at radius 1 is 0.966 bits per heavy atom. The third-order valence-electron chi connectivity index (χ3n) is 5.34. The van der Waals surface area contributed by atoms with Gasteiger partial charge in [-0.05, 0) is 42.0 Å². The highest BCUT2D eigenvalue weighted by molar-refractivity contribution is 7.17. The summed E-state index contributed by atoms with van der Waals surface area (Å²) in [6.07, 6.45) is 4.17. The van der Waals surface area contributed by atoms with Crippen molar-refractivity contribution in [1.29, 1.82) is 0 Å². The Morgan fingerprint density at radius 3 is 2.34 bits per heavy atom. The van der Waals surface area contributed by atoms with Crippen molar-refractivity contribution in [2.45, 2.75) is 38.8 Å². The monoisotopic (exact) mass is 415 g/mol. The van der Waals surface area contributed by atoms with Gasteiger partial charge >= 0.3 is 5.69 Å². The lowest BCUT2D eigenvalue weighted by Crippen LogP contribution is -2.43. The largest absolute Gasteiger partial charge is 0.341 e. The van der Waals surface area contributed by atoms with E-state index in [9.17, 15) is 18.8 Å². The number of likely N-dealkylation sites (tertiary alicyclic amines) is 1. The third kappa shape index (κ3) is 4.03. The van der Waals surface area contributed by atoms with Gasteiger partial charge < -0.3 is 4.90 Å². The minimum Gasteiger partial charge on any atom is -0.341 e. The molecule has 0 aliphatic carbocycles. The molecule has 1 aliphatic heterocycles. The number of nitrogens with zero attached hydrogens (tertiary/aromatic N) is 3. The van der Waals surface area contributed by atoms with Gasteiger partial charge in [0.25, 0.3) is 5.56 Å². The number of carbonyl (C=O) groups is 1. The molecule has 2 aromatic heterocycles. The first-order valence-corrected chi connectivity index (χ1v) is 10.7. The highest BCUT2D eigenvalue weighted by Crippen LogP contribution is 2.17. The van der Waals surface area contributed by atoms with Crippen LogP contribution in [-0.4, -0.2) is 33.0 Å². The van der Waals surface area contributed by atoms with E-state index in [1.54, 1.807) is 23.6 Å². The predicted octanol–water partition coefficient (Wildman–Crippen LogP) is 2.81. The van der Waals surface area contributed by atoms with Crippen molar-refractivity contribution in [3.63, 3.8) is 0 Å². The van der Waals surface area contributed by atoms with E-state index >= 15 is 0 Å². The fourth-order valence-electron chi connectivity index (χ4n) is 3.75. The Bertz CT molecular complexity index is 1140. The SMILES string of the molecule is O=C(Cn1c(=O)n(Cc2ccc(F)cc2)c(=O)c2sccc21)N1CCCCCC1. The molecule has 0 unspecified atom stereocenters. The zero-order chi connectivity index (χ0) is 20.4. The number of hydrogen-bond donors (Lipinski definition) is 0. The van der Waals surface area contributed by atoms with Crippen LogP contribution >= 0.6 is 11.3 Å². The molecule has 1 fully saturated rings. The zero-order valence-corrected chi connectivity index (χ0v) is 16.8. The maximum atomic E-state index is 13.2. The van der Waals surface area contributed by atoms with E-state index in [1.807, 2.05) is 4.90 Å². The number of aromatic nitrogens is 2. The van der Waals surface area contributed by atoms with Crippen LogP contribution in [0, 0.1) is 5.82 Å². The highest BCUT2D eigenvalue weighted by atomic mass is 32.1. The molecular weight excluding hydrogens is 393 g/mol. The van der Waals surface area contributed by atoms with Crippen molar-refractivity contribution in [1.82, 2.24) is 14.0 Å². The number of amides is 1. The normalized spacial score (nSPS) is 14.9. The van der Waals surface area contributed by atoms with E-state index in [0.29, 0.717) is 28.9 Å². The van der Waals surface area contributed by atoms with Gasteiger partial charge in [0.2, 0.25) is 5.91 Å².